The average molecular weight is 205 g/mol. The van der Waals surface area contributed by atoms with Gasteiger partial charge in [0, 0.05) is 0 Å². The first-order valence-corrected chi connectivity index (χ1v) is 6.15. The van der Waals surface area contributed by atoms with Gasteiger partial charge in [0.25, 0.3) is 0 Å². The number of nitrogens with two attached hydrogens (primary N) is 1. The lowest BCUT2D eigenvalue weighted by Gasteiger charge is -2.01. The van der Waals surface area contributed by atoms with Crippen molar-refractivity contribution in [1.82, 2.24) is 0 Å². The van der Waals surface area contributed by atoms with Crippen LogP contribution in [0.2, 0.25) is 0 Å². The molecule has 0 bridgehead atoms. The van der Waals surface area contributed by atoms with Crippen LogP contribution in [0.3, 0.4) is 0 Å². The van der Waals surface area contributed by atoms with Gasteiger partial charge in [-0.3, -0.25) is 0 Å². The Hall–Kier alpha value is -0.560. The van der Waals surface area contributed by atoms with Crippen LogP contribution in [0.15, 0.2) is 24.3 Å². The number of hydrogen-bond acceptors (Lipinski definition) is 1. The van der Waals surface area contributed by atoms with Crippen molar-refractivity contribution >= 4 is 0 Å². The van der Waals surface area contributed by atoms with Crippen molar-refractivity contribution in [1.29, 1.82) is 0 Å². The summed E-state index contributed by atoms with van der Waals surface area (Å²) < 4.78 is 0. The lowest BCUT2D eigenvalue weighted by molar-refractivity contribution is 0.605. The Kier molecular flexibility index (Phi) is 2.76. The zero-order valence-corrected chi connectivity index (χ0v) is 10.00. The molecule has 0 spiro atoms. The molecule has 2 aliphatic carbocycles. The molecule has 2 rings (SSSR count). The molecule has 1 atom stereocenters. The summed E-state index contributed by atoms with van der Waals surface area (Å²) in [6.07, 6.45) is 14.4. The van der Waals surface area contributed by atoms with Gasteiger partial charge in [0.15, 0.2) is 0 Å². The van der Waals surface area contributed by atoms with Gasteiger partial charge in [-0.05, 0) is 49.0 Å². The first-order chi connectivity index (χ1) is 7.12. The van der Waals surface area contributed by atoms with E-state index in [0.29, 0.717) is 11.3 Å². The smallest absolute Gasteiger partial charge is 0.00485 e. The standard InChI is InChI=1S/C14H23N/c1-12(9-15)7-5-3-4-6-8-14-10-13(14,2)11-14/h3,5-6,8,12H,4,7,9-11,15H2,1-2H3/b5-3-,8-6-. The maximum absolute atomic E-state index is 5.55. The zero-order chi connectivity index (χ0) is 10.9. The van der Waals surface area contributed by atoms with E-state index in [1.807, 2.05) is 0 Å². The maximum atomic E-state index is 5.55. The summed E-state index contributed by atoms with van der Waals surface area (Å²) in [4.78, 5) is 0. The van der Waals surface area contributed by atoms with Crippen molar-refractivity contribution in [2.45, 2.75) is 39.5 Å². The zero-order valence-electron chi connectivity index (χ0n) is 10.00. The van der Waals surface area contributed by atoms with Crippen LogP contribution in [0, 0.1) is 16.7 Å². The minimum atomic E-state index is 0.624. The number of fused-ring (bicyclic) bond motifs is 1. The van der Waals surface area contributed by atoms with Crippen LogP contribution in [0.1, 0.15) is 39.5 Å². The Morgan fingerprint density at radius 3 is 2.47 bits per heavy atom. The van der Waals surface area contributed by atoms with Crippen LogP contribution in [0.25, 0.3) is 0 Å². The summed E-state index contributed by atoms with van der Waals surface area (Å²) in [6, 6.07) is 0. The summed E-state index contributed by atoms with van der Waals surface area (Å²) in [7, 11) is 0. The number of rotatable bonds is 6. The van der Waals surface area contributed by atoms with Gasteiger partial charge in [-0.2, -0.15) is 0 Å². The number of allylic oxidation sites excluding steroid dienone is 4. The number of hydrogen-bond donors (Lipinski definition) is 1. The minimum absolute atomic E-state index is 0.624. The second-order valence-corrected chi connectivity index (χ2v) is 5.76. The molecule has 1 heteroatoms. The normalized spacial score (nSPS) is 39.7. The molecule has 0 saturated heterocycles. The van der Waals surface area contributed by atoms with Gasteiger partial charge in [-0.25, -0.2) is 0 Å². The highest BCUT2D eigenvalue weighted by Gasteiger charge is 2.78. The Balaban J connectivity index is 1.59. The van der Waals surface area contributed by atoms with Crippen LogP contribution in [-0.2, 0) is 0 Å². The van der Waals surface area contributed by atoms with Crippen molar-refractivity contribution in [3.05, 3.63) is 24.3 Å². The second kappa shape index (κ2) is 3.79. The molecule has 2 fully saturated rings. The van der Waals surface area contributed by atoms with Gasteiger partial charge in [0.2, 0.25) is 0 Å². The van der Waals surface area contributed by atoms with Crippen LogP contribution in [-0.4, -0.2) is 6.54 Å². The largest absolute Gasteiger partial charge is 0.330 e. The third kappa shape index (κ3) is 2.17. The molecule has 0 aromatic rings. The van der Waals surface area contributed by atoms with Crippen molar-refractivity contribution in [2.24, 2.45) is 22.5 Å². The SMILES string of the molecule is CC(CN)C/C=C\C/C=C\C12CC1(C)C2. The van der Waals surface area contributed by atoms with E-state index < -0.39 is 0 Å². The molecule has 15 heavy (non-hydrogen) atoms. The van der Waals surface area contributed by atoms with Gasteiger partial charge < -0.3 is 5.73 Å². The van der Waals surface area contributed by atoms with E-state index in [1.165, 1.54) is 12.8 Å². The first-order valence-electron chi connectivity index (χ1n) is 6.15. The highest BCUT2D eigenvalue weighted by molar-refractivity contribution is 5.36. The Bertz CT molecular complexity index is 282. The van der Waals surface area contributed by atoms with Gasteiger partial charge in [-0.15, -0.1) is 0 Å². The van der Waals surface area contributed by atoms with E-state index in [0.717, 1.165) is 24.8 Å². The van der Waals surface area contributed by atoms with E-state index in [9.17, 15) is 0 Å². The molecular weight excluding hydrogens is 182 g/mol. The van der Waals surface area contributed by atoms with E-state index in [1.54, 1.807) is 0 Å². The average Bonchev–Trinajstić information content (AvgIpc) is 2.95. The van der Waals surface area contributed by atoms with E-state index >= 15 is 0 Å². The van der Waals surface area contributed by atoms with Crippen molar-refractivity contribution in [3.63, 3.8) is 0 Å². The minimum Gasteiger partial charge on any atom is -0.330 e. The fourth-order valence-corrected chi connectivity index (χ4v) is 2.46. The van der Waals surface area contributed by atoms with Crippen molar-refractivity contribution in [3.8, 4) is 0 Å². The predicted octanol–water partition coefficient (Wildman–Crippen LogP) is 3.27. The highest BCUT2D eigenvalue weighted by Crippen LogP contribution is 2.86. The highest BCUT2D eigenvalue weighted by atomic mass is 14.8. The molecule has 1 unspecified atom stereocenters. The van der Waals surface area contributed by atoms with Gasteiger partial charge >= 0.3 is 0 Å². The molecule has 0 aliphatic heterocycles. The second-order valence-electron chi connectivity index (χ2n) is 5.76. The topological polar surface area (TPSA) is 26.0 Å². The summed E-state index contributed by atoms with van der Waals surface area (Å²) in [5.74, 6) is 0.624. The molecule has 0 aromatic carbocycles. The van der Waals surface area contributed by atoms with E-state index in [-0.39, 0.29) is 0 Å². The van der Waals surface area contributed by atoms with Crippen LogP contribution < -0.4 is 5.73 Å². The monoisotopic (exact) mass is 205 g/mol. The fraction of sp³-hybridized carbons (Fsp3) is 0.714. The lowest BCUT2D eigenvalue weighted by Crippen LogP contribution is -2.09. The molecular formula is C14H23N. The van der Waals surface area contributed by atoms with Crippen molar-refractivity contribution in [2.75, 3.05) is 6.54 Å². The van der Waals surface area contributed by atoms with Gasteiger partial charge in [-0.1, -0.05) is 38.2 Å². The third-order valence-corrected chi connectivity index (χ3v) is 4.18. The molecule has 0 heterocycles. The first kappa shape index (κ1) is 10.9. The molecule has 0 aromatic heterocycles. The van der Waals surface area contributed by atoms with Crippen LogP contribution in [0.5, 0.6) is 0 Å². The molecule has 2 aliphatic rings. The van der Waals surface area contributed by atoms with E-state index in [2.05, 4.69) is 38.2 Å². The molecule has 0 amide bonds. The predicted molar refractivity (Wildman–Crippen MR) is 65.5 cm³/mol. The third-order valence-electron chi connectivity index (χ3n) is 4.18. The van der Waals surface area contributed by atoms with Crippen molar-refractivity contribution < 1.29 is 0 Å². The molecule has 84 valence electrons. The Morgan fingerprint density at radius 2 is 1.93 bits per heavy atom. The van der Waals surface area contributed by atoms with Crippen LogP contribution >= 0.6 is 0 Å². The fourth-order valence-electron chi connectivity index (χ4n) is 2.46. The molecule has 1 nitrogen and oxygen atoms in total. The molecule has 0 radical (unpaired) electrons. The summed E-state index contributed by atoms with van der Waals surface area (Å²) in [5.41, 5.74) is 6.93. The summed E-state index contributed by atoms with van der Waals surface area (Å²) >= 11 is 0. The maximum Gasteiger partial charge on any atom is -0.00485 e. The van der Waals surface area contributed by atoms with Gasteiger partial charge in [0.1, 0.15) is 0 Å². The molecule has 2 N–H and O–H groups in total. The Labute approximate surface area is 93.4 Å². The van der Waals surface area contributed by atoms with E-state index in [4.69, 9.17) is 5.73 Å². The quantitative estimate of drug-likeness (QED) is 0.662. The summed E-state index contributed by atoms with van der Waals surface area (Å²) in [6.45, 7) is 5.39. The lowest BCUT2D eigenvalue weighted by atomic mass is 10.1. The van der Waals surface area contributed by atoms with Crippen LogP contribution in [0.4, 0.5) is 0 Å². The molecule has 2 saturated carbocycles. The summed E-state index contributed by atoms with van der Waals surface area (Å²) in [5, 5.41) is 0. The van der Waals surface area contributed by atoms with Gasteiger partial charge in [0.05, 0.1) is 0 Å². The Morgan fingerprint density at radius 1 is 1.27 bits per heavy atom.